The molecule has 136 valence electrons. The number of ether oxygens (including phenoxy) is 1. The molecule has 1 N–H and O–H groups in total. The first kappa shape index (κ1) is 18.0. The van der Waals surface area contributed by atoms with Crippen molar-refractivity contribution in [1.82, 2.24) is 0 Å². The van der Waals surface area contributed by atoms with Gasteiger partial charge in [-0.15, -0.1) is 0 Å². The van der Waals surface area contributed by atoms with Crippen molar-refractivity contribution in [3.05, 3.63) is 54.1 Å². The van der Waals surface area contributed by atoms with Gasteiger partial charge in [-0.3, -0.25) is 9.59 Å². The number of nitrogens with one attached hydrogen (secondary N) is 1. The van der Waals surface area contributed by atoms with Crippen LogP contribution in [0.1, 0.15) is 25.3 Å². The third-order valence-electron chi connectivity index (χ3n) is 4.40. The van der Waals surface area contributed by atoms with E-state index in [-0.39, 0.29) is 24.2 Å². The van der Waals surface area contributed by atoms with Gasteiger partial charge in [0, 0.05) is 24.3 Å². The fourth-order valence-electron chi connectivity index (χ4n) is 3.04. The molecule has 1 aliphatic rings. The molecule has 0 saturated carbocycles. The van der Waals surface area contributed by atoms with E-state index in [0.29, 0.717) is 13.2 Å². The van der Waals surface area contributed by atoms with Crippen molar-refractivity contribution in [1.29, 1.82) is 0 Å². The van der Waals surface area contributed by atoms with E-state index in [1.54, 1.807) is 4.90 Å². The molecule has 0 bridgehead atoms. The molecule has 2 amide bonds. The molecular weight excluding hydrogens is 328 g/mol. The normalized spacial score (nSPS) is 16.6. The molecule has 0 aromatic heterocycles. The minimum absolute atomic E-state index is 0.0309. The predicted molar refractivity (Wildman–Crippen MR) is 102 cm³/mol. The van der Waals surface area contributed by atoms with Gasteiger partial charge in [0.15, 0.2) is 0 Å². The summed E-state index contributed by atoms with van der Waals surface area (Å²) >= 11 is 0. The fourth-order valence-corrected chi connectivity index (χ4v) is 3.04. The Morgan fingerprint density at radius 3 is 2.69 bits per heavy atom. The summed E-state index contributed by atoms with van der Waals surface area (Å²) in [5.74, 6) is 0.293. The number of hydrogen-bond acceptors (Lipinski definition) is 3. The minimum Gasteiger partial charge on any atom is -0.494 e. The van der Waals surface area contributed by atoms with Gasteiger partial charge in [-0.05, 0) is 55.3 Å². The molecule has 0 aliphatic carbocycles. The number of rotatable bonds is 6. The second-order valence-electron chi connectivity index (χ2n) is 6.61. The Bertz CT molecular complexity index is 786. The Kier molecular flexibility index (Phi) is 5.56. The van der Waals surface area contributed by atoms with Crippen molar-refractivity contribution >= 4 is 23.2 Å². The molecule has 3 rings (SSSR count). The van der Waals surface area contributed by atoms with Gasteiger partial charge in [-0.25, -0.2) is 0 Å². The quantitative estimate of drug-likeness (QED) is 0.861. The summed E-state index contributed by atoms with van der Waals surface area (Å²) in [5.41, 5.74) is 2.64. The van der Waals surface area contributed by atoms with Gasteiger partial charge in [0.25, 0.3) is 0 Å². The Hall–Kier alpha value is -2.82. The van der Waals surface area contributed by atoms with E-state index in [2.05, 4.69) is 12.2 Å². The highest BCUT2D eigenvalue weighted by atomic mass is 16.5. The first-order valence-corrected chi connectivity index (χ1v) is 8.97. The molecule has 1 saturated heterocycles. The van der Waals surface area contributed by atoms with Gasteiger partial charge >= 0.3 is 0 Å². The number of hydrogen-bond donors (Lipinski definition) is 1. The zero-order valence-corrected chi connectivity index (χ0v) is 15.2. The highest BCUT2D eigenvalue weighted by Crippen LogP contribution is 2.27. The zero-order valence-electron chi connectivity index (χ0n) is 15.2. The number of amides is 2. The Balaban J connectivity index is 1.63. The van der Waals surface area contributed by atoms with Crippen molar-refractivity contribution < 1.29 is 14.3 Å². The third kappa shape index (κ3) is 4.23. The molecule has 0 spiro atoms. The summed E-state index contributed by atoms with van der Waals surface area (Å²) in [4.78, 5) is 26.5. The van der Waals surface area contributed by atoms with Crippen LogP contribution in [0.25, 0.3) is 0 Å². The zero-order chi connectivity index (χ0) is 18.5. The molecule has 1 heterocycles. The van der Waals surface area contributed by atoms with Crippen LogP contribution in [-0.4, -0.2) is 25.0 Å². The molecule has 1 fully saturated rings. The lowest BCUT2D eigenvalue weighted by molar-refractivity contribution is -0.122. The Morgan fingerprint density at radius 1 is 1.23 bits per heavy atom. The number of carbonyl (C=O) groups excluding carboxylic acids is 2. The molecule has 5 nitrogen and oxygen atoms in total. The predicted octanol–water partition coefficient (Wildman–Crippen LogP) is 3.78. The number of benzene rings is 2. The van der Waals surface area contributed by atoms with Crippen LogP contribution in [0.5, 0.6) is 5.75 Å². The monoisotopic (exact) mass is 352 g/mol. The van der Waals surface area contributed by atoms with Crippen LogP contribution >= 0.6 is 0 Å². The summed E-state index contributed by atoms with van der Waals surface area (Å²) in [5, 5.41) is 2.91. The molecular formula is C21H24N2O3. The summed E-state index contributed by atoms with van der Waals surface area (Å²) in [6.45, 7) is 5.10. The lowest BCUT2D eigenvalue weighted by atomic mass is 10.1. The van der Waals surface area contributed by atoms with E-state index in [4.69, 9.17) is 4.74 Å². The molecule has 2 aromatic rings. The summed E-state index contributed by atoms with van der Waals surface area (Å²) in [7, 11) is 0. The van der Waals surface area contributed by atoms with Crippen molar-refractivity contribution in [3.63, 3.8) is 0 Å². The highest BCUT2D eigenvalue weighted by molar-refractivity contribution is 6.03. The Labute approximate surface area is 154 Å². The Morgan fingerprint density at radius 2 is 2.00 bits per heavy atom. The maximum atomic E-state index is 12.5. The van der Waals surface area contributed by atoms with Gasteiger partial charge in [0.05, 0.1) is 12.5 Å². The molecule has 5 heteroatoms. The second-order valence-corrected chi connectivity index (χ2v) is 6.61. The van der Waals surface area contributed by atoms with E-state index < -0.39 is 0 Å². The van der Waals surface area contributed by atoms with Crippen LogP contribution in [-0.2, 0) is 9.59 Å². The first-order chi connectivity index (χ1) is 12.6. The average Bonchev–Trinajstić information content (AvgIpc) is 3.02. The largest absolute Gasteiger partial charge is 0.494 e. The summed E-state index contributed by atoms with van der Waals surface area (Å²) in [6, 6.07) is 15.1. The van der Waals surface area contributed by atoms with E-state index in [1.165, 1.54) is 0 Å². The lowest BCUT2D eigenvalue weighted by Gasteiger charge is -2.17. The second kappa shape index (κ2) is 8.04. The SMILES string of the molecule is CCCOc1ccc(N2C[C@H](C(=O)Nc3cccc(C)c3)CC2=O)cc1. The van der Waals surface area contributed by atoms with Crippen LogP contribution in [0.4, 0.5) is 11.4 Å². The average molecular weight is 352 g/mol. The molecule has 1 atom stereocenters. The van der Waals surface area contributed by atoms with Gasteiger partial charge in [0.1, 0.15) is 5.75 Å². The standard InChI is InChI=1S/C21H24N2O3/c1-3-11-26-19-9-7-18(8-10-19)23-14-16(13-20(23)24)21(25)22-17-6-4-5-15(2)12-17/h4-10,12,16H,3,11,13-14H2,1-2H3,(H,22,25)/t16-/m1/s1. The first-order valence-electron chi connectivity index (χ1n) is 8.97. The topological polar surface area (TPSA) is 58.6 Å². The smallest absolute Gasteiger partial charge is 0.229 e. The van der Waals surface area contributed by atoms with Gasteiger partial charge < -0.3 is 15.0 Å². The molecule has 0 radical (unpaired) electrons. The van der Waals surface area contributed by atoms with Gasteiger partial charge in [-0.1, -0.05) is 19.1 Å². The van der Waals surface area contributed by atoms with Crippen LogP contribution in [0.3, 0.4) is 0 Å². The van der Waals surface area contributed by atoms with Crippen molar-refractivity contribution in [2.45, 2.75) is 26.7 Å². The molecule has 26 heavy (non-hydrogen) atoms. The number of aryl methyl sites for hydroxylation is 1. The summed E-state index contributed by atoms with van der Waals surface area (Å²) in [6.07, 6.45) is 1.18. The minimum atomic E-state index is -0.348. The van der Waals surface area contributed by atoms with Crippen LogP contribution in [0.15, 0.2) is 48.5 Å². The van der Waals surface area contributed by atoms with E-state index in [1.807, 2.05) is 55.5 Å². The fraction of sp³-hybridized carbons (Fsp3) is 0.333. The molecule has 0 unspecified atom stereocenters. The third-order valence-corrected chi connectivity index (χ3v) is 4.40. The maximum absolute atomic E-state index is 12.5. The van der Waals surface area contributed by atoms with E-state index >= 15 is 0 Å². The van der Waals surface area contributed by atoms with E-state index in [9.17, 15) is 9.59 Å². The highest BCUT2D eigenvalue weighted by Gasteiger charge is 2.35. The lowest BCUT2D eigenvalue weighted by Crippen LogP contribution is -2.28. The van der Waals surface area contributed by atoms with Crippen LogP contribution in [0, 0.1) is 12.8 Å². The number of anilines is 2. The van der Waals surface area contributed by atoms with Crippen molar-refractivity contribution in [2.75, 3.05) is 23.4 Å². The van der Waals surface area contributed by atoms with Gasteiger partial charge in [0.2, 0.25) is 11.8 Å². The molecule has 1 aliphatic heterocycles. The van der Waals surface area contributed by atoms with Crippen LogP contribution in [0.2, 0.25) is 0 Å². The molecule has 2 aromatic carbocycles. The maximum Gasteiger partial charge on any atom is 0.229 e. The summed E-state index contributed by atoms with van der Waals surface area (Å²) < 4.78 is 5.57. The number of nitrogens with zero attached hydrogens (tertiary/aromatic N) is 1. The van der Waals surface area contributed by atoms with Gasteiger partial charge in [-0.2, -0.15) is 0 Å². The van der Waals surface area contributed by atoms with Crippen LogP contribution < -0.4 is 15.0 Å². The van der Waals surface area contributed by atoms with Crippen molar-refractivity contribution in [2.24, 2.45) is 5.92 Å². The van der Waals surface area contributed by atoms with E-state index in [0.717, 1.165) is 29.1 Å². The number of carbonyl (C=O) groups is 2. The van der Waals surface area contributed by atoms with Crippen molar-refractivity contribution in [3.8, 4) is 5.75 Å².